The Labute approximate surface area is 174 Å². The molecule has 7 nitrogen and oxygen atoms in total. The zero-order valence-corrected chi connectivity index (χ0v) is 15.7. The molecule has 4 heterocycles. The fourth-order valence-electron chi connectivity index (χ4n) is 3.34. The van der Waals surface area contributed by atoms with Crippen molar-refractivity contribution in [2.75, 3.05) is 0 Å². The molecule has 0 saturated carbocycles. The number of hydrogen-bond donors (Lipinski definition) is 1. The second kappa shape index (κ2) is 6.70. The van der Waals surface area contributed by atoms with Gasteiger partial charge < -0.3 is 9.52 Å². The smallest absolute Gasteiger partial charge is 0.459 e. The fraction of sp³-hybridized carbons (Fsp3) is 0.100. The minimum atomic E-state index is -5.86. The number of phenols is 1. The van der Waals surface area contributed by atoms with Crippen molar-refractivity contribution in [2.24, 2.45) is 0 Å². The zero-order valence-electron chi connectivity index (χ0n) is 15.7. The summed E-state index contributed by atoms with van der Waals surface area (Å²) >= 11 is 0. The lowest BCUT2D eigenvalue weighted by molar-refractivity contribution is -0.290. The van der Waals surface area contributed by atoms with E-state index in [1.165, 1.54) is 47.0 Å². The molecule has 0 spiro atoms. The Balaban J connectivity index is 1.86. The van der Waals surface area contributed by atoms with Crippen molar-refractivity contribution in [2.45, 2.75) is 12.1 Å². The summed E-state index contributed by atoms with van der Waals surface area (Å²) in [5, 5.41) is 17.3. The van der Waals surface area contributed by atoms with E-state index >= 15 is 0 Å². The van der Waals surface area contributed by atoms with E-state index in [-0.39, 0.29) is 45.1 Å². The molecule has 4 aromatic heterocycles. The predicted molar refractivity (Wildman–Crippen MR) is 101 cm³/mol. The maximum Gasteiger partial charge on any atom is 0.459 e. The van der Waals surface area contributed by atoms with Crippen molar-refractivity contribution >= 4 is 16.7 Å². The van der Waals surface area contributed by atoms with Gasteiger partial charge in [-0.05, 0) is 41.5 Å². The molecule has 0 aliphatic carbocycles. The van der Waals surface area contributed by atoms with Gasteiger partial charge in [0, 0.05) is 11.6 Å². The minimum absolute atomic E-state index is 0.0276. The number of hydrogen-bond acceptors (Lipinski definition) is 6. The highest BCUT2D eigenvalue weighted by atomic mass is 19.4. The Bertz CT molecular complexity index is 1460. The Kier molecular flexibility index (Phi) is 4.16. The lowest BCUT2D eigenvalue weighted by Crippen LogP contribution is -2.34. The van der Waals surface area contributed by atoms with E-state index in [2.05, 4.69) is 20.2 Å². The molecular weight excluding hydrogens is 437 g/mol. The topological polar surface area (TPSA) is 89.3 Å². The molecule has 5 rings (SSSR count). The Morgan fingerprint density at radius 2 is 1.78 bits per heavy atom. The number of imidazole rings is 1. The third-order valence-electron chi connectivity index (χ3n) is 4.81. The van der Waals surface area contributed by atoms with Crippen molar-refractivity contribution in [3.05, 3.63) is 60.7 Å². The Hall–Kier alpha value is -4.09. The number of nitrogens with zero attached hydrogens (tertiary/aromatic N) is 5. The normalized spacial score (nSPS) is 12.7. The number of aromatic nitrogens is 5. The van der Waals surface area contributed by atoms with Crippen molar-refractivity contribution in [1.82, 2.24) is 24.6 Å². The molecule has 0 unspecified atom stereocenters. The van der Waals surface area contributed by atoms with E-state index in [0.717, 1.165) is 6.39 Å². The average Bonchev–Trinajstić information content (AvgIpc) is 3.41. The van der Waals surface area contributed by atoms with Gasteiger partial charge >= 0.3 is 12.1 Å². The number of phenolic OH excluding ortho intramolecular Hbond substituents is 1. The monoisotopic (exact) mass is 447 g/mol. The van der Waals surface area contributed by atoms with Crippen molar-refractivity contribution < 1.29 is 31.5 Å². The number of benzene rings is 1. The van der Waals surface area contributed by atoms with E-state index in [9.17, 15) is 27.1 Å². The average molecular weight is 447 g/mol. The van der Waals surface area contributed by atoms with Gasteiger partial charge in [-0.25, -0.2) is 9.97 Å². The van der Waals surface area contributed by atoms with Gasteiger partial charge in [0.2, 0.25) is 6.39 Å². The van der Waals surface area contributed by atoms with E-state index in [4.69, 9.17) is 4.42 Å². The maximum atomic E-state index is 14.3. The zero-order chi connectivity index (χ0) is 22.7. The van der Waals surface area contributed by atoms with Crippen LogP contribution in [-0.2, 0) is 5.92 Å². The summed E-state index contributed by atoms with van der Waals surface area (Å²) in [6.45, 7) is 0. The first-order chi connectivity index (χ1) is 15.1. The highest BCUT2D eigenvalue weighted by molar-refractivity contribution is 5.95. The summed E-state index contributed by atoms with van der Waals surface area (Å²) in [5.41, 5.74) is -1.03. The van der Waals surface area contributed by atoms with Gasteiger partial charge in [0.1, 0.15) is 28.4 Å². The van der Waals surface area contributed by atoms with E-state index < -0.39 is 17.8 Å². The van der Waals surface area contributed by atoms with Gasteiger partial charge in [0.05, 0.1) is 0 Å². The van der Waals surface area contributed by atoms with Crippen LogP contribution in [-0.4, -0.2) is 35.8 Å². The first-order valence-electron chi connectivity index (χ1n) is 8.99. The summed E-state index contributed by atoms with van der Waals surface area (Å²) in [4.78, 5) is 7.91. The van der Waals surface area contributed by atoms with Crippen molar-refractivity contribution in [1.29, 1.82) is 0 Å². The lowest BCUT2D eigenvalue weighted by atomic mass is 10.00. The van der Waals surface area contributed by atoms with Crippen LogP contribution >= 0.6 is 0 Å². The molecule has 1 N–H and O–H groups in total. The molecule has 0 radical (unpaired) electrons. The van der Waals surface area contributed by atoms with Gasteiger partial charge in [-0.2, -0.15) is 22.0 Å². The molecule has 5 aromatic rings. The predicted octanol–water partition coefficient (Wildman–Crippen LogP) is 4.96. The molecular formula is C20H10F5N5O2. The van der Waals surface area contributed by atoms with Gasteiger partial charge in [-0.3, -0.25) is 4.40 Å². The van der Waals surface area contributed by atoms with Crippen LogP contribution in [0.25, 0.3) is 39.4 Å². The SMILES string of the molecule is Oc1cccc(-c2cc(C(F)(F)C(F)(F)F)nc3c2ccc2nc(-c4nnco4)cn23)c1. The molecule has 0 aliphatic rings. The third kappa shape index (κ3) is 3.02. The number of halogens is 5. The molecule has 32 heavy (non-hydrogen) atoms. The number of fused-ring (bicyclic) bond motifs is 3. The summed E-state index contributed by atoms with van der Waals surface area (Å²) < 4.78 is 74.4. The van der Waals surface area contributed by atoms with E-state index in [1.807, 2.05) is 0 Å². The quantitative estimate of drug-likeness (QED) is 0.394. The Morgan fingerprint density at radius 3 is 2.47 bits per heavy atom. The number of rotatable bonds is 3. The summed E-state index contributed by atoms with van der Waals surface area (Å²) in [7, 11) is 0. The minimum Gasteiger partial charge on any atom is -0.508 e. The first kappa shape index (κ1) is 19.8. The maximum absolute atomic E-state index is 14.3. The van der Waals surface area contributed by atoms with E-state index in [0.29, 0.717) is 6.07 Å². The lowest BCUT2D eigenvalue weighted by Gasteiger charge is -2.20. The molecule has 162 valence electrons. The van der Waals surface area contributed by atoms with Crippen LogP contribution < -0.4 is 0 Å². The second-order valence-corrected chi connectivity index (χ2v) is 6.85. The highest BCUT2D eigenvalue weighted by Crippen LogP contribution is 2.45. The van der Waals surface area contributed by atoms with Crippen LogP contribution in [0, 0.1) is 0 Å². The van der Waals surface area contributed by atoms with E-state index in [1.54, 1.807) is 0 Å². The largest absolute Gasteiger partial charge is 0.508 e. The number of aromatic hydroxyl groups is 1. The van der Waals surface area contributed by atoms with Crippen LogP contribution in [0.1, 0.15) is 5.69 Å². The van der Waals surface area contributed by atoms with Crippen LogP contribution in [0.5, 0.6) is 5.75 Å². The van der Waals surface area contributed by atoms with Gasteiger partial charge in [-0.1, -0.05) is 12.1 Å². The second-order valence-electron chi connectivity index (χ2n) is 6.85. The Morgan fingerprint density at radius 1 is 0.969 bits per heavy atom. The summed E-state index contributed by atoms with van der Waals surface area (Å²) in [6.07, 6.45) is -3.45. The van der Waals surface area contributed by atoms with Crippen LogP contribution in [0.4, 0.5) is 22.0 Å². The molecule has 0 amide bonds. The summed E-state index contributed by atoms with van der Waals surface area (Å²) in [5.74, 6) is -5.36. The third-order valence-corrected chi connectivity index (χ3v) is 4.81. The first-order valence-corrected chi connectivity index (χ1v) is 8.99. The van der Waals surface area contributed by atoms with Gasteiger partial charge in [0.25, 0.3) is 5.89 Å². The van der Waals surface area contributed by atoms with Crippen molar-refractivity contribution in [3.63, 3.8) is 0 Å². The highest BCUT2D eigenvalue weighted by Gasteiger charge is 2.60. The molecule has 12 heteroatoms. The molecule has 0 fully saturated rings. The molecule has 0 bridgehead atoms. The molecule has 0 atom stereocenters. The standard InChI is InChI=1S/C20H10F5N5O2/c21-19(22,20(23,24)25)15-7-13(10-2-1-3-11(31)6-10)12-4-5-16-27-14(18-29-26-9-32-18)8-30(16)17(12)28-15/h1-9,31H. The number of pyridine rings is 2. The molecule has 1 aromatic carbocycles. The van der Waals surface area contributed by atoms with Crippen LogP contribution in [0.15, 0.2) is 59.5 Å². The van der Waals surface area contributed by atoms with Crippen molar-refractivity contribution in [3.8, 4) is 28.5 Å². The van der Waals surface area contributed by atoms with Gasteiger partial charge in [-0.15, -0.1) is 10.2 Å². The molecule has 0 saturated heterocycles. The molecule has 0 aliphatic heterocycles. The van der Waals surface area contributed by atoms with Crippen LogP contribution in [0.3, 0.4) is 0 Å². The van der Waals surface area contributed by atoms with Gasteiger partial charge in [0.15, 0.2) is 0 Å². The van der Waals surface area contributed by atoms with Crippen LogP contribution in [0.2, 0.25) is 0 Å². The summed E-state index contributed by atoms with van der Waals surface area (Å²) in [6, 6.07) is 9.24. The fourth-order valence-corrected chi connectivity index (χ4v) is 3.34. The number of alkyl halides is 5.